The molecule has 1 aromatic carbocycles. The Labute approximate surface area is 103 Å². The van der Waals surface area contributed by atoms with Gasteiger partial charge in [-0.1, -0.05) is 29.8 Å². The summed E-state index contributed by atoms with van der Waals surface area (Å²) in [6, 6.07) is 7.56. The van der Waals surface area contributed by atoms with E-state index in [-0.39, 0.29) is 12.8 Å². The smallest absolute Gasteiger partial charge is 0.324 e. The lowest BCUT2D eigenvalue weighted by molar-refractivity contribution is 0.227. The zero-order valence-electron chi connectivity index (χ0n) is 10.6. The van der Waals surface area contributed by atoms with Gasteiger partial charge in [0.15, 0.2) is 0 Å². The van der Waals surface area contributed by atoms with Crippen LogP contribution in [0.15, 0.2) is 24.3 Å². The number of hydrogen-bond acceptors (Lipinski definition) is 3. The highest BCUT2D eigenvalue weighted by Crippen LogP contribution is 2.45. The van der Waals surface area contributed by atoms with E-state index < -0.39 is 7.60 Å². The summed E-state index contributed by atoms with van der Waals surface area (Å²) in [5.41, 5.74) is 1.96. The van der Waals surface area contributed by atoms with Gasteiger partial charge < -0.3 is 14.3 Å². The molecule has 1 atom stereocenters. The van der Waals surface area contributed by atoms with E-state index in [0.29, 0.717) is 6.54 Å². The van der Waals surface area contributed by atoms with E-state index in [4.69, 9.17) is 4.52 Å². The second kappa shape index (κ2) is 6.31. The van der Waals surface area contributed by atoms with Gasteiger partial charge in [-0.3, -0.25) is 4.57 Å². The van der Waals surface area contributed by atoms with Crippen molar-refractivity contribution in [3.63, 3.8) is 0 Å². The predicted molar refractivity (Wildman–Crippen MR) is 69.2 cm³/mol. The highest BCUT2D eigenvalue weighted by atomic mass is 31.2. The van der Waals surface area contributed by atoms with Gasteiger partial charge in [0.2, 0.25) is 0 Å². The first-order valence-electron chi connectivity index (χ1n) is 5.56. The van der Waals surface area contributed by atoms with E-state index in [1.807, 2.05) is 50.2 Å². The second-order valence-electron chi connectivity index (χ2n) is 4.42. The third-order valence-electron chi connectivity index (χ3n) is 2.33. The molecule has 1 N–H and O–H groups in total. The van der Waals surface area contributed by atoms with Crippen molar-refractivity contribution in [3.05, 3.63) is 35.4 Å². The lowest BCUT2D eigenvalue weighted by atomic mass is 10.2. The highest BCUT2D eigenvalue weighted by molar-refractivity contribution is 7.51. The SMILES string of the molecule is Cc1ccc(CP(=O)(O)OCCN(C)C)cc1. The van der Waals surface area contributed by atoms with Crippen LogP contribution in [0.2, 0.25) is 0 Å². The molecule has 0 aliphatic heterocycles. The van der Waals surface area contributed by atoms with Crippen LogP contribution in [0.5, 0.6) is 0 Å². The summed E-state index contributed by atoms with van der Waals surface area (Å²) in [5.74, 6) is 0. The van der Waals surface area contributed by atoms with Crippen LogP contribution in [-0.4, -0.2) is 37.0 Å². The van der Waals surface area contributed by atoms with Crippen molar-refractivity contribution >= 4 is 7.60 Å². The molecule has 0 saturated carbocycles. The van der Waals surface area contributed by atoms with Gasteiger partial charge in [0.25, 0.3) is 0 Å². The van der Waals surface area contributed by atoms with Crippen LogP contribution in [0.4, 0.5) is 0 Å². The fraction of sp³-hybridized carbons (Fsp3) is 0.500. The molecule has 0 fully saturated rings. The Hall–Kier alpha value is -0.670. The van der Waals surface area contributed by atoms with Crippen LogP contribution in [-0.2, 0) is 15.3 Å². The topological polar surface area (TPSA) is 49.8 Å². The number of likely N-dealkylation sites (N-methyl/N-ethyl adjacent to an activating group) is 1. The third-order valence-corrected chi connectivity index (χ3v) is 3.69. The molecule has 17 heavy (non-hydrogen) atoms. The van der Waals surface area contributed by atoms with E-state index in [1.54, 1.807) is 0 Å². The third kappa shape index (κ3) is 5.99. The maximum Gasteiger partial charge on any atom is 0.332 e. The van der Waals surface area contributed by atoms with Crippen LogP contribution in [0, 0.1) is 6.92 Å². The van der Waals surface area contributed by atoms with Gasteiger partial charge in [0.1, 0.15) is 0 Å². The molecule has 1 aromatic rings. The van der Waals surface area contributed by atoms with Gasteiger partial charge in [0, 0.05) is 6.54 Å². The minimum absolute atomic E-state index is 0.0701. The zero-order valence-corrected chi connectivity index (χ0v) is 11.5. The largest absolute Gasteiger partial charge is 0.332 e. The fourth-order valence-electron chi connectivity index (χ4n) is 1.34. The van der Waals surface area contributed by atoms with Crippen LogP contribution < -0.4 is 0 Å². The summed E-state index contributed by atoms with van der Waals surface area (Å²) in [6.45, 7) is 2.89. The molecular weight excluding hydrogens is 237 g/mol. The normalized spacial score (nSPS) is 14.9. The summed E-state index contributed by atoms with van der Waals surface area (Å²) < 4.78 is 16.8. The van der Waals surface area contributed by atoms with E-state index in [0.717, 1.165) is 11.1 Å². The van der Waals surface area contributed by atoms with E-state index in [1.165, 1.54) is 0 Å². The van der Waals surface area contributed by atoms with Crippen molar-refractivity contribution in [2.45, 2.75) is 13.1 Å². The van der Waals surface area contributed by atoms with Crippen molar-refractivity contribution < 1.29 is 14.0 Å². The Balaban J connectivity index is 2.48. The molecule has 1 rings (SSSR count). The highest BCUT2D eigenvalue weighted by Gasteiger charge is 2.19. The first-order valence-corrected chi connectivity index (χ1v) is 7.32. The number of aryl methyl sites for hydroxylation is 1. The zero-order chi connectivity index (χ0) is 12.9. The van der Waals surface area contributed by atoms with Crippen molar-refractivity contribution in [1.29, 1.82) is 0 Å². The standard InChI is InChI=1S/C12H20NO3P/c1-11-4-6-12(7-5-11)10-17(14,15)16-9-8-13(2)3/h4-7H,8-10H2,1-3H3,(H,14,15). The first-order chi connectivity index (χ1) is 7.89. The molecule has 5 heteroatoms. The second-order valence-corrected chi connectivity index (χ2v) is 6.27. The molecular formula is C12H20NO3P. The van der Waals surface area contributed by atoms with Crippen molar-refractivity contribution in [2.24, 2.45) is 0 Å². The quantitative estimate of drug-likeness (QED) is 0.794. The summed E-state index contributed by atoms with van der Waals surface area (Å²) in [7, 11) is 0.277. The van der Waals surface area contributed by atoms with E-state index in [9.17, 15) is 9.46 Å². The van der Waals surface area contributed by atoms with Crippen LogP contribution >= 0.6 is 7.60 Å². The van der Waals surface area contributed by atoms with Gasteiger partial charge in [-0.25, -0.2) is 0 Å². The van der Waals surface area contributed by atoms with E-state index >= 15 is 0 Å². The number of rotatable bonds is 6. The Morgan fingerprint density at radius 2 is 1.88 bits per heavy atom. The number of benzene rings is 1. The molecule has 0 spiro atoms. The molecule has 0 bridgehead atoms. The summed E-state index contributed by atoms with van der Waals surface area (Å²) in [5, 5.41) is 0. The molecule has 96 valence electrons. The Morgan fingerprint density at radius 1 is 1.29 bits per heavy atom. The average Bonchev–Trinajstić information content (AvgIpc) is 2.20. The van der Waals surface area contributed by atoms with Crippen LogP contribution in [0.1, 0.15) is 11.1 Å². The van der Waals surface area contributed by atoms with Gasteiger partial charge in [-0.2, -0.15) is 0 Å². The lowest BCUT2D eigenvalue weighted by Gasteiger charge is -2.14. The molecule has 0 heterocycles. The molecule has 0 aliphatic carbocycles. The van der Waals surface area contributed by atoms with Crippen molar-refractivity contribution in [1.82, 2.24) is 4.90 Å². The van der Waals surface area contributed by atoms with Gasteiger partial charge in [-0.05, 0) is 26.6 Å². The van der Waals surface area contributed by atoms with Crippen LogP contribution in [0.25, 0.3) is 0 Å². The minimum Gasteiger partial charge on any atom is -0.324 e. The van der Waals surface area contributed by atoms with Crippen LogP contribution in [0.3, 0.4) is 0 Å². The summed E-state index contributed by atoms with van der Waals surface area (Å²) >= 11 is 0. The Kier molecular flexibility index (Phi) is 5.34. The maximum absolute atomic E-state index is 11.8. The fourth-order valence-corrected chi connectivity index (χ4v) is 2.47. The molecule has 0 aromatic heterocycles. The predicted octanol–water partition coefficient (Wildman–Crippen LogP) is 2.26. The molecule has 0 radical (unpaired) electrons. The van der Waals surface area contributed by atoms with Gasteiger partial charge >= 0.3 is 7.60 Å². The lowest BCUT2D eigenvalue weighted by Crippen LogP contribution is -2.17. The Bertz CT molecular complexity index is 389. The molecule has 4 nitrogen and oxygen atoms in total. The Morgan fingerprint density at radius 3 is 2.41 bits per heavy atom. The van der Waals surface area contributed by atoms with Gasteiger partial charge in [0.05, 0.1) is 12.8 Å². The average molecular weight is 257 g/mol. The van der Waals surface area contributed by atoms with Crippen molar-refractivity contribution in [2.75, 3.05) is 27.2 Å². The molecule has 0 amide bonds. The minimum atomic E-state index is -3.51. The molecule has 0 aliphatic rings. The molecule has 0 saturated heterocycles. The van der Waals surface area contributed by atoms with Crippen molar-refractivity contribution in [3.8, 4) is 0 Å². The maximum atomic E-state index is 11.8. The molecule has 1 unspecified atom stereocenters. The summed E-state index contributed by atoms with van der Waals surface area (Å²) in [4.78, 5) is 11.6. The van der Waals surface area contributed by atoms with E-state index in [2.05, 4.69) is 0 Å². The summed E-state index contributed by atoms with van der Waals surface area (Å²) in [6.07, 6.45) is 0.0701. The number of hydrogen-bond donors (Lipinski definition) is 1. The monoisotopic (exact) mass is 257 g/mol. The first kappa shape index (κ1) is 14.4. The number of nitrogens with zero attached hydrogens (tertiary/aromatic N) is 1. The van der Waals surface area contributed by atoms with Gasteiger partial charge in [-0.15, -0.1) is 0 Å².